The third-order valence-corrected chi connectivity index (χ3v) is 10.9. The third-order valence-electron chi connectivity index (χ3n) is 6.40. The van der Waals surface area contributed by atoms with E-state index in [9.17, 15) is 5.11 Å². The third kappa shape index (κ3) is 6.92. The lowest BCUT2D eigenvalue weighted by Crippen LogP contribution is -2.50. The minimum absolute atomic E-state index is 0.119. The summed E-state index contributed by atoms with van der Waals surface area (Å²) in [7, 11) is -1.95. The predicted molar refractivity (Wildman–Crippen MR) is 127 cm³/mol. The highest BCUT2D eigenvalue weighted by Gasteiger charge is 2.44. The van der Waals surface area contributed by atoms with Crippen LogP contribution >= 0.6 is 0 Å². The average molecular weight is 419 g/mol. The van der Waals surface area contributed by atoms with Gasteiger partial charge in [-0.2, -0.15) is 0 Å². The molecule has 0 heterocycles. The van der Waals surface area contributed by atoms with Crippen LogP contribution < -0.4 is 0 Å². The molecule has 0 aliphatic rings. The smallest absolute Gasteiger partial charge is 0.192 e. The van der Waals surface area contributed by atoms with Crippen LogP contribution in [-0.2, 0) is 15.8 Å². The molecule has 1 rings (SSSR count). The Balaban J connectivity index is 3.22. The van der Waals surface area contributed by atoms with Crippen molar-refractivity contribution in [3.8, 4) is 0 Å². The van der Waals surface area contributed by atoms with Crippen molar-refractivity contribution in [1.82, 2.24) is 0 Å². The van der Waals surface area contributed by atoms with Gasteiger partial charge in [0, 0.05) is 12.0 Å². The fourth-order valence-corrected chi connectivity index (χ4v) is 4.14. The van der Waals surface area contributed by atoms with Gasteiger partial charge in [-0.1, -0.05) is 82.7 Å². The number of hydrogen-bond acceptors (Lipinski definition) is 3. The molecule has 164 valence electrons. The first-order chi connectivity index (χ1) is 13.4. The normalized spacial score (nSPS) is 17.5. The molecule has 0 aliphatic heterocycles. The Morgan fingerprint density at radius 1 is 1.17 bits per heavy atom. The number of benzene rings is 1. The fraction of sp³-hybridized carbons (Fsp3) is 0.600. The largest absolute Gasteiger partial charge is 0.416 e. The zero-order valence-electron chi connectivity index (χ0n) is 19.8. The van der Waals surface area contributed by atoms with Crippen molar-refractivity contribution in [2.75, 3.05) is 6.61 Å². The SMILES string of the molecule is C=C[C@@H](O)[C@H](OCc1ccccc1)[C@@](C)(CO[Si](C)(C)C(C)(C)C)/C(C)=C/CC. The van der Waals surface area contributed by atoms with Crippen molar-refractivity contribution in [3.05, 3.63) is 60.2 Å². The van der Waals surface area contributed by atoms with Crippen LogP contribution in [-0.4, -0.2) is 32.2 Å². The van der Waals surface area contributed by atoms with E-state index >= 15 is 0 Å². The lowest BCUT2D eigenvalue weighted by molar-refractivity contribution is -0.0955. The second kappa shape index (κ2) is 10.7. The van der Waals surface area contributed by atoms with E-state index in [-0.39, 0.29) is 5.04 Å². The average Bonchev–Trinajstić information content (AvgIpc) is 2.66. The van der Waals surface area contributed by atoms with E-state index in [2.05, 4.69) is 67.3 Å². The quantitative estimate of drug-likeness (QED) is 0.329. The van der Waals surface area contributed by atoms with E-state index in [0.29, 0.717) is 13.2 Å². The van der Waals surface area contributed by atoms with Gasteiger partial charge in [-0.15, -0.1) is 6.58 Å². The molecule has 0 spiro atoms. The maximum atomic E-state index is 10.8. The first-order valence-electron chi connectivity index (χ1n) is 10.7. The summed E-state index contributed by atoms with van der Waals surface area (Å²) in [4.78, 5) is 0. The number of aliphatic hydroxyl groups is 1. The molecule has 1 N–H and O–H groups in total. The maximum absolute atomic E-state index is 10.8. The summed E-state index contributed by atoms with van der Waals surface area (Å²) in [5.74, 6) is 0. The summed E-state index contributed by atoms with van der Waals surface area (Å²) in [5, 5.41) is 10.9. The van der Waals surface area contributed by atoms with Crippen LogP contribution in [0.2, 0.25) is 18.1 Å². The lowest BCUT2D eigenvalue weighted by Gasteiger charge is -2.44. The molecule has 0 aromatic heterocycles. The van der Waals surface area contributed by atoms with Crippen molar-refractivity contribution in [2.24, 2.45) is 5.41 Å². The standard InChI is InChI=1S/C25H42O3Si/c1-10-15-20(3)25(7,19-28-29(8,9)24(4,5)6)23(22(26)11-2)27-18-21-16-13-12-14-17-21/h11-17,22-23,26H,2,10,18-19H2,1,3-9H3/b20-15+/t22-,23+,25+/m1/s1. The molecular formula is C25H42O3Si. The van der Waals surface area contributed by atoms with Crippen molar-refractivity contribution in [3.63, 3.8) is 0 Å². The van der Waals surface area contributed by atoms with Gasteiger partial charge in [0.05, 0.1) is 18.8 Å². The summed E-state index contributed by atoms with van der Waals surface area (Å²) in [5.41, 5.74) is 1.80. The van der Waals surface area contributed by atoms with Crippen molar-refractivity contribution >= 4 is 8.32 Å². The van der Waals surface area contributed by atoms with E-state index in [1.165, 1.54) is 5.57 Å². The van der Waals surface area contributed by atoms with E-state index in [4.69, 9.17) is 9.16 Å². The zero-order valence-corrected chi connectivity index (χ0v) is 20.8. The molecule has 1 aromatic rings. The topological polar surface area (TPSA) is 38.7 Å². The Hall–Kier alpha value is -1.20. The maximum Gasteiger partial charge on any atom is 0.192 e. The summed E-state index contributed by atoms with van der Waals surface area (Å²) < 4.78 is 13.0. The molecule has 1 aromatic carbocycles. The van der Waals surface area contributed by atoms with Gasteiger partial charge in [-0.05, 0) is 37.0 Å². The molecule has 0 bridgehead atoms. The van der Waals surface area contributed by atoms with Gasteiger partial charge in [0.25, 0.3) is 0 Å². The molecule has 4 heteroatoms. The van der Waals surface area contributed by atoms with E-state index in [1.807, 2.05) is 30.3 Å². The Morgan fingerprint density at radius 2 is 1.76 bits per heavy atom. The molecule has 0 amide bonds. The highest BCUT2D eigenvalue weighted by molar-refractivity contribution is 6.74. The summed E-state index contributed by atoms with van der Waals surface area (Å²) in [6, 6.07) is 10.1. The van der Waals surface area contributed by atoms with Gasteiger partial charge in [0.1, 0.15) is 0 Å². The Kier molecular flexibility index (Phi) is 9.54. The monoisotopic (exact) mass is 418 g/mol. The number of aliphatic hydroxyl groups excluding tert-OH is 1. The Morgan fingerprint density at radius 3 is 2.24 bits per heavy atom. The molecule has 3 atom stereocenters. The molecular weight excluding hydrogens is 376 g/mol. The van der Waals surface area contributed by atoms with Crippen molar-refractivity contribution in [1.29, 1.82) is 0 Å². The van der Waals surface area contributed by atoms with Crippen LogP contribution in [0, 0.1) is 5.41 Å². The molecule has 0 saturated carbocycles. The van der Waals surface area contributed by atoms with E-state index < -0.39 is 25.9 Å². The predicted octanol–water partition coefficient (Wildman–Crippen LogP) is 6.50. The second-order valence-electron chi connectivity index (χ2n) is 9.71. The number of rotatable bonds is 11. The number of ether oxygens (including phenoxy) is 1. The second-order valence-corrected chi connectivity index (χ2v) is 14.5. The molecule has 0 saturated heterocycles. The highest BCUT2D eigenvalue weighted by Crippen LogP contribution is 2.41. The van der Waals surface area contributed by atoms with Gasteiger partial charge in [-0.25, -0.2) is 0 Å². The van der Waals surface area contributed by atoms with Gasteiger partial charge >= 0.3 is 0 Å². The molecule has 0 aliphatic carbocycles. The van der Waals surface area contributed by atoms with E-state index in [0.717, 1.165) is 12.0 Å². The van der Waals surface area contributed by atoms with Crippen LogP contribution in [0.1, 0.15) is 53.5 Å². The van der Waals surface area contributed by atoms with Crippen molar-refractivity contribution < 1.29 is 14.3 Å². The van der Waals surface area contributed by atoms with Crippen LogP contribution in [0.15, 0.2) is 54.6 Å². The summed E-state index contributed by atoms with van der Waals surface area (Å²) >= 11 is 0. The van der Waals surface area contributed by atoms with Gasteiger partial charge in [0.2, 0.25) is 0 Å². The van der Waals surface area contributed by atoms with E-state index in [1.54, 1.807) is 6.08 Å². The first kappa shape index (κ1) is 25.8. The van der Waals surface area contributed by atoms with Crippen LogP contribution in [0.5, 0.6) is 0 Å². The van der Waals surface area contributed by atoms with Crippen molar-refractivity contribution in [2.45, 2.75) is 84.9 Å². The number of hydrogen-bond donors (Lipinski definition) is 1. The summed E-state index contributed by atoms with van der Waals surface area (Å²) in [6.07, 6.45) is 3.47. The van der Waals surface area contributed by atoms with Gasteiger partial charge < -0.3 is 14.3 Å². The fourth-order valence-electron chi connectivity index (χ4n) is 3.05. The van der Waals surface area contributed by atoms with Crippen LogP contribution in [0.4, 0.5) is 0 Å². The lowest BCUT2D eigenvalue weighted by atomic mass is 9.75. The van der Waals surface area contributed by atoms with Crippen LogP contribution in [0.25, 0.3) is 0 Å². The first-order valence-corrected chi connectivity index (χ1v) is 13.6. The molecule has 0 radical (unpaired) electrons. The number of allylic oxidation sites excluding steroid dienone is 1. The summed E-state index contributed by atoms with van der Waals surface area (Å²) in [6.45, 7) is 22.4. The molecule has 0 fully saturated rings. The minimum atomic E-state index is -1.95. The van der Waals surface area contributed by atoms with Crippen LogP contribution in [0.3, 0.4) is 0 Å². The minimum Gasteiger partial charge on any atom is -0.416 e. The molecule has 3 nitrogen and oxygen atoms in total. The Bertz CT molecular complexity index is 660. The Labute approximate surface area is 180 Å². The molecule has 0 unspecified atom stereocenters. The van der Waals surface area contributed by atoms with Gasteiger partial charge in [-0.3, -0.25) is 0 Å². The van der Waals surface area contributed by atoms with Gasteiger partial charge in [0.15, 0.2) is 8.32 Å². The highest BCUT2D eigenvalue weighted by atomic mass is 28.4. The molecule has 29 heavy (non-hydrogen) atoms. The zero-order chi connectivity index (χ0) is 22.3.